The van der Waals surface area contributed by atoms with Crippen molar-refractivity contribution in [3.8, 4) is 22.5 Å². The minimum absolute atomic E-state index is 0. The van der Waals surface area contributed by atoms with Crippen molar-refractivity contribution in [3.05, 3.63) is 77.0 Å². The Morgan fingerprint density at radius 1 is 0.962 bits per heavy atom. The van der Waals surface area contributed by atoms with Crippen molar-refractivity contribution >= 4 is 10.8 Å². The molecule has 0 atom stereocenters. The van der Waals surface area contributed by atoms with Gasteiger partial charge in [0.1, 0.15) is 0 Å². The largest absolute Gasteiger partial charge is 0.496 e. The zero-order valence-electron chi connectivity index (χ0n) is 15.2. The van der Waals surface area contributed by atoms with E-state index in [4.69, 9.17) is 4.42 Å². The molecule has 0 fully saturated rings. The Bertz CT molecular complexity index is 1060. The molecule has 1 aromatic heterocycles. The molecule has 0 radical (unpaired) electrons. The van der Waals surface area contributed by atoms with Gasteiger partial charge in [-0.3, -0.25) is 0 Å². The SMILES string of the molecule is Cc1cc(-c2cc3c(-c4ccccc4)c4c(cc3[cH-]2)CCC4)oc1C.[Zr]. The maximum absolute atomic E-state index is 5.98. The topological polar surface area (TPSA) is 13.1 Å². The number of benzene rings is 2. The van der Waals surface area contributed by atoms with Crippen molar-refractivity contribution in [2.45, 2.75) is 33.1 Å². The zero-order chi connectivity index (χ0) is 17.0. The van der Waals surface area contributed by atoms with E-state index in [2.05, 4.69) is 61.5 Å². The van der Waals surface area contributed by atoms with E-state index in [1.165, 1.54) is 57.9 Å². The van der Waals surface area contributed by atoms with E-state index in [0.717, 1.165) is 11.5 Å². The van der Waals surface area contributed by atoms with E-state index in [9.17, 15) is 0 Å². The second-order valence-corrected chi connectivity index (χ2v) is 7.21. The molecular formula is C24H21OZr-. The third kappa shape index (κ3) is 2.76. The van der Waals surface area contributed by atoms with Crippen molar-refractivity contribution < 1.29 is 30.6 Å². The van der Waals surface area contributed by atoms with Crippen LogP contribution in [-0.4, -0.2) is 0 Å². The van der Waals surface area contributed by atoms with Crippen LogP contribution in [0.2, 0.25) is 0 Å². The van der Waals surface area contributed by atoms with Gasteiger partial charge in [-0.15, -0.1) is 29.0 Å². The number of fused-ring (bicyclic) bond motifs is 2. The Balaban J connectivity index is 0.00000168. The van der Waals surface area contributed by atoms with Gasteiger partial charge in [0, 0.05) is 26.2 Å². The molecule has 0 N–H and O–H groups in total. The summed E-state index contributed by atoms with van der Waals surface area (Å²) in [4.78, 5) is 0. The van der Waals surface area contributed by atoms with Crippen LogP contribution in [0.1, 0.15) is 28.9 Å². The molecule has 1 nitrogen and oxygen atoms in total. The van der Waals surface area contributed by atoms with Crippen LogP contribution < -0.4 is 0 Å². The Kier molecular flexibility index (Phi) is 4.57. The third-order valence-corrected chi connectivity index (χ3v) is 5.60. The molecule has 0 unspecified atom stereocenters. The molecule has 0 spiro atoms. The monoisotopic (exact) mass is 415 g/mol. The summed E-state index contributed by atoms with van der Waals surface area (Å²) in [5, 5.41) is 2.69. The first kappa shape index (κ1) is 17.6. The van der Waals surface area contributed by atoms with Gasteiger partial charge in [0.05, 0.1) is 11.5 Å². The van der Waals surface area contributed by atoms with E-state index >= 15 is 0 Å². The van der Waals surface area contributed by atoms with E-state index in [-0.39, 0.29) is 26.2 Å². The molecule has 128 valence electrons. The first-order valence-electron chi connectivity index (χ1n) is 9.09. The van der Waals surface area contributed by atoms with Gasteiger partial charge >= 0.3 is 0 Å². The number of rotatable bonds is 2. The van der Waals surface area contributed by atoms with Crippen LogP contribution in [0.3, 0.4) is 0 Å². The summed E-state index contributed by atoms with van der Waals surface area (Å²) in [5.74, 6) is 1.98. The Hall–Kier alpha value is -1.79. The molecule has 2 heteroatoms. The molecule has 0 bridgehead atoms. The molecule has 3 aromatic carbocycles. The molecule has 26 heavy (non-hydrogen) atoms. The van der Waals surface area contributed by atoms with Gasteiger partial charge in [0.25, 0.3) is 0 Å². The van der Waals surface area contributed by atoms with Gasteiger partial charge in [-0.1, -0.05) is 47.0 Å². The van der Waals surface area contributed by atoms with E-state index < -0.39 is 0 Å². The summed E-state index contributed by atoms with van der Waals surface area (Å²) in [6.07, 6.45) is 3.66. The van der Waals surface area contributed by atoms with Crippen molar-refractivity contribution in [2.24, 2.45) is 0 Å². The first-order chi connectivity index (χ1) is 12.2. The van der Waals surface area contributed by atoms with Crippen molar-refractivity contribution in [3.63, 3.8) is 0 Å². The van der Waals surface area contributed by atoms with Crippen LogP contribution in [0.25, 0.3) is 33.2 Å². The summed E-state index contributed by atoms with van der Waals surface area (Å²) >= 11 is 0. The van der Waals surface area contributed by atoms with Crippen LogP contribution in [0.15, 0.2) is 59.0 Å². The summed E-state index contributed by atoms with van der Waals surface area (Å²) in [5.41, 5.74) is 8.23. The van der Waals surface area contributed by atoms with Crippen molar-refractivity contribution in [1.82, 2.24) is 0 Å². The number of aryl methyl sites for hydroxylation is 3. The Morgan fingerprint density at radius 2 is 1.77 bits per heavy atom. The van der Waals surface area contributed by atoms with E-state index in [0.29, 0.717) is 0 Å². The molecule has 1 aliphatic rings. The normalized spacial score (nSPS) is 13.0. The van der Waals surface area contributed by atoms with Crippen LogP contribution in [-0.2, 0) is 39.0 Å². The summed E-state index contributed by atoms with van der Waals surface area (Å²) in [6.45, 7) is 4.14. The van der Waals surface area contributed by atoms with Gasteiger partial charge in [-0.2, -0.15) is 0 Å². The van der Waals surface area contributed by atoms with Crippen LogP contribution in [0.4, 0.5) is 0 Å². The Morgan fingerprint density at radius 3 is 2.50 bits per heavy atom. The molecule has 0 aliphatic heterocycles. The molecule has 4 aromatic rings. The molecule has 0 saturated heterocycles. The van der Waals surface area contributed by atoms with Crippen LogP contribution >= 0.6 is 0 Å². The van der Waals surface area contributed by atoms with Crippen molar-refractivity contribution in [1.29, 1.82) is 0 Å². The van der Waals surface area contributed by atoms with Crippen LogP contribution in [0.5, 0.6) is 0 Å². The van der Waals surface area contributed by atoms with Crippen LogP contribution in [0, 0.1) is 13.8 Å². The number of furan rings is 1. The maximum Gasteiger partial charge on any atom is 0.0925 e. The second kappa shape index (κ2) is 6.74. The average molecular weight is 417 g/mol. The fourth-order valence-corrected chi connectivity index (χ4v) is 4.22. The minimum Gasteiger partial charge on any atom is -0.496 e. The predicted octanol–water partition coefficient (Wildman–Crippen LogP) is 6.59. The van der Waals surface area contributed by atoms with E-state index in [1.54, 1.807) is 5.56 Å². The number of hydrogen-bond donors (Lipinski definition) is 0. The predicted molar refractivity (Wildman–Crippen MR) is 104 cm³/mol. The second-order valence-electron chi connectivity index (χ2n) is 7.21. The molecule has 1 heterocycles. The fraction of sp³-hybridized carbons (Fsp3) is 0.208. The van der Waals surface area contributed by atoms with Gasteiger partial charge < -0.3 is 4.42 Å². The maximum atomic E-state index is 5.98. The van der Waals surface area contributed by atoms with Gasteiger partial charge in [-0.05, 0) is 55.9 Å². The Labute approximate surface area is 173 Å². The van der Waals surface area contributed by atoms with Gasteiger partial charge in [-0.25, -0.2) is 0 Å². The van der Waals surface area contributed by atoms with Gasteiger partial charge in [0.15, 0.2) is 0 Å². The smallest absolute Gasteiger partial charge is 0.0925 e. The minimum atomic E-state index is 0. The summed E-state index contributed by atoms with van der Waals surface area (Å²) < 4.78 is 5.98. The molecule has 5 rings (SSSR count). The zero-order valence-corrected chi connectivity index (χ0v) is 17.7. The summed E-state index contributed by atoms with van der Waals surface area (Å²) in [7, 11) is 0. The van der Waals surface area contributed by atoms with E-state index in [1.807, 2.05) is 6.92 Å². The molecule has 0 amide bonds. The molecule has 0 saturated carbocycles. The molecular weight excluding hydrogens is 395 g/mol. The number of hydrogen-bond acceptors (Lipinski definition) is 1. The van der Waals surface area contributed by atoms with Crippen molar-refractivity contribution in [2.75, 3.05) is 0 Å². The van der Waals surface area contributed by atoms with Gasteiger partial charge in [0.2, 0.25) is 0 Å². The first-order valence-corrected chi connectivity index (χ1v) is 9.09. The average Bonchev–Trinajstić information content (AvgIpc) is 3.32. The quantitative estimate of drug-likeness (QED) is 0.336. The molecule has 1 aliphatic carbocycles. The summed E-state index contributed by atoms with van der Waals surface area (Å²) in [6, 6.07) is 20.0. The third-order valence-electron chi connectivity index (χ3n) is 5.60. The standard InChI is InChI=1S/C24H21O.Zr/c1-15-11-23(25-16(15)2)20-13-19-12-18-9-6-10-21(18)24(22(19)14-20)17-7-4-3-5-8-17;/h3-5,7-8,11-14H,6,9-10H2,1-2H3;/q-1;. The fourth-order valence-electron chi connectivity index (χ4n) is 4.22.